The van der Waals surface area contributed by atoms with Crippen LogP contribution in [0.3, 0.4) is 0 Å². The van der Waals surface area contributed by atoms with Gasteiger partial charge in [-0.05, 0) is 42.5 Å². The Kier molecular flexibility index (Phi) is 6.03. The van der Waals surface area contributed by atoms with Gasteiger partial charge in [-0.25, -0.2) is 4.79 Å². The number of carbonyl (C=O) groups excluding carboxylic acids is 1. The lowest BCUT2D eigenvalue weighted by molar-refractivity contribution is 0.0563. The molecule has 2 aromatic heterocycles. The van der Waals surface area contributed by atoms with Crippen molar-refractivity contribution in [3.05, 3.63) is 72.2 Å². The standard InChI is InChI=1S/C24H21N3O5S/c1-29-23(28)20-11-9-18(32-20)15-33-24-26-25-22(27(24)17-6-3-2-4-7-17)16-8-10-19-21(14-16)31-13-5-12-30-19/h2-4,6-11,14H,5,12-13,15H2,1H3. The number of thioether (sulfide) groups is 1. The van der Waals surface area contributed by atoms with E-state index in [2.05, 4.69) is 10.2 Å². The Bertz CT molecular complexity index is 1270. The molecule has 1 aliphatic heterocycles. The second-order valence-corrected chi connectivity index (χ2v) is 8.18. The summed E-state index contributed by atoms with van der Waals surface area (Å²) >= 11 is 1.46. The molecule has 0 unspecified atom stereocenters. The van der Waals surface area contributed by atoms with Gasteiger partial charge in [-0.2, -0.15) is 0 Å². The van der Waals surface area contributed by atoms with Crippen LogP contribution in [-0.4, -0.2) is 41.1 Å². The Morgan fingerprint density at radius 2 is 1.85 bits per heavy atom. The molecule has 0 spiro atoms. The van der Waals surface area contributed by atoms with E-state index in [1.54, 1.807) is 12.1 Å². The van der Waals surface area contributed by atoms with Crippen LogP contribution in [-0.2, 0) is 10.5 Å². The maximum absolute atomic E-state index is 11.7. The molecule has 4 aromatic rings. The minimum atomic E-state index is -0.504. The number of aromatic nitrogens is 3. The highest BCUT2D eigenvalue weighted by molar-refractivity contribution is 7.98. The highest BCUT2D eigenvalue weighted by atomic mass is 32.2. The van der Waals surface area contributed by atoms with Gasteiger partial charge >= 0.3 is 5.97 Å². The first-order valence-corrected chi connectivity index (χ1v) is 11.4. The summed E-state index contributed by atoms with van der Waals surface area (Å²) in [4.78, 5) is 11.7. The van der Waals surface area contributed by atoms with Crippen LogP contribution in [0.25, 0.3) is 17.1 Å². The van der Waals surface area contributed by atoms with Crippen LogP contribution in [0.15, 0.2) is 70.2 Å². The minimum Gasteiger partial charge on any atom is -0.490 e. The molecule has 0 fully saturated rings. The van der Waals surface area contributed by atoms with Crippen LogP contribution in [0, 0.1) is 0 Å². The van der Waals surface area contributed by atoms with Crippen molar-refractivity contribution in [2.24, 2.45) is 0 Å². The van der Waals surface area contributed by atoms with E-state index in [0.717, 1.165) is 23.4 Å². The summed E-state index contributed by atoms with van der Waals surface area (Å²) in [6.45, 7) is 1.25. The van der Waals surface area contributed by atoms with Crippen LogP contribution in [0.2, 0.25) is 0 Å². The van der Waals surface area contributed by atoms with Gasteiger partial charge in [-0.15, -0.1) is 10.2 Å². The summed E-state index contributed by atoms with van der Waals surface area (Å²) in [5, 5.41) is 9.62. The van der Waals surface area contributed by atoms with E-state index in [0.29, 0.717) is 41.5 Å². The van der Waals surface area contributed by atoms with Gasteiger partial charge in [0.25, 0.3) is 0 Å². The van der Waals surface area contributed by atoms with Crippen molar-refractivity contribution < 1.29 is 23.4 Å². The topological polar surface area (TPSA) is 88.6 Å². The molecule has 0 N–H and O–H groups in total. The highest BCUT2D eigenvalue weighted by Gasteiger charge is 2.20. The van der Waals surface area contributed by atoms with Crippen molar-refractivity contribution in [3.8, 4) is 28.6 Å². The van der Waals surface area contributed by atoms with E-state index in [-0.39, 0.29) is 5.76 Å². The number of rotatable bonds is 6. The van der Waals surface area contributed by atoms with Crippen LogP contribution in [0.4, 0.5) is 0 Å². The fourth-order valence-electron chi connectivity index (χ4n) is 3.46. The molecule has 5 rings (SSSR count). The number of nitrogens with zero attached hydrogens (tertiary/aromatic N) is 3. The molecule has 0 bridgehead atoms. The molecular formula is C24H21N3O5S. The number of benzene rings is 2. The molecule has 2 aromatic carbocycles. The number of furan rings is 1. The third-order valence-electron chi connectivity index (χ3n) is 5.05. The molecule has 0 amide bonds. The fourth-order valence-corrected chi connectivity index (χ4v) is 4.31. The number of carbonyl (C=O) groups is 1. The number of hydrogen-bond donors (Lipinski definition) is 0. The quantitative estimate of drug-likeness (QED) is 0.299. The van der Waals surface area contributed by atoms with E-state index in [1.165, 1.54) is 18.9 Å². The molecule has 8 nitrogen and oxygen atoms in total. The smallest absolute Gasteiger partial charge is 0.373 e. The molecule has 33 heavy (non-hydrogen) atoms. The monoisotopic (exact) mass is 463 g/mol. The van der Waals surface area contributed by atoms with Gasteiger partial charge in [0.15, 0.2) is 22.5 Å². The Morgan fingerprint density at radius 1 is 1.03 bits per heavy atom. The molecule has 0 saturated carbocycles. The maximum atomic E-state index is 11.7. The largest absolute Gasteiger partial charge is 0.490 e. The van der Waals surface area contributed by atoms with Gasteiger partial charge in [0.2, 0.25) is 5.76 Å². The van der Waals surface area contributed by atoms with E-state index < -0.39 is 5.97 Å². The fraction of sp³-hybridized carbons (Fsp3) is 0.208. The van der Waals surface area contributed by atoms with Crippen LogP contribution < -0.4 is 9.47 Å². The summed E-state index contributed by atoms with van der Waals surface area (Å²) in [5.41, 5.74) is 1.80. The van der Waals surface area contributed by atoms with Gasteiger partial charge in [-0.3, -0.25) is 4.57 Å². The second-order valence-electron chi connectivity index (χ2n) is 7.24. The van der Waals surface area contributed by atoms with Crippen LogP contribution in [0.5, 0.6) is 11.5 Å². The summed E-state index contributed by atoms with van der Waals surface area (Å²) < 4.78 is 23.9. The second kappa shape index (κ2) is 9.41. The lowest BCUT2D eigenvalue weighted by Crippen LogP contribution is -2.00. The van der Waals surface area contributed by atoms with Crippen molar-refractivity contribution in [1.82, 2.24) is 14.8 Å². The zero-order valence-corrected chi connectivity index (χ0v) is 18.7. The Balaban J connectivity index is 1.48. The van der Waals surface area contributed by atoms with Gasteiger partial charge in [0, 0.05) is 17.7 Å². The molecule has 0 saturated heterocycles. The summed E-state index contributed by atoms with van der Waals surface area (Å²) in [6, 6.07) is 19.1. The number of methoxy groups -OCH3 is 1. The molecule has 1 aliphatic rings. The van der Waals surface area contributed by atoms with Crippen LogP contribution in [0.1, 0.15) is 22.7 Å². The SMILES string of the molecule is COC(=O)c1ccc(CSc2nnc(-c3ccc4c(c3)OCCCO4)n2-c2ccccc2)o1. The zero-order chi connectivity index (χ0) is 22.6. The molecule has 0 atom stereocenters. The van der Waals surface area contributed by atoms with E-state index in [1.807, 2.05) is 53.1 Å². The number of ether oxygens (including phenoxy) is 3. The Hall–Kier alpha value is -3.72. The van der Waals surface area contributed by atoms with E-state index in [4.69, 9.17) is 18.6 Å². The number of para-hydroxylation sites is 1. The van der Waals surface area contributed by atoms with Crippen LogP contribution >= 0.6 is 11.8 Å². The summed E-state index contributed by atoms with van der Waals surface area (Å²) in [7, 11) is 1.32. The first-order valence-electron chi connectivity index (χ1n) is 10.4. The Morgan fingerprint density at radius 3 is 2.67 bits per heavy atom. The highest BCUT2D eigenvalue weighted by Crippen LogP contribution is 2.36. The number of hydrogen-bond acceptors (Lipinski definition) is 8. The molecule has 0 aliphatic carbocycles. The number of fused-ring (bicyclic) bond motifs is 1. The first-order chi connectivity index (χ1) is 16.2. The first kappa shape index (κ1) is 21.1. The average Bonchev–Trinajstić information content (AvgIpc) is 3.44. The maximum Gasteiger partial charge on any atom is 0.373 e. The van der Waals surface area contributed by atoms with Gasteiger partial charge in [0.05, 0.1) is 26.1 Å². The zero-order valence-electron chi connectivity index (χ0n) is 17.9. The molecule has 168 valence electrons. The normalized spacial score (nSPS) is 12.9. The summed E-state index contributed by atoms with van der Waals surface area (Å²) in [5.74, 6) is 2.90. The van der Waals surface area contributed by atoms with Gasteiger partial charge in [-0.1, -0.05) is 30.0 Å². The number of esters is 1. The van der Waals surface area contributed by atoms with Crippen molar-refractivity contribution in [2.75, 3.05) is 20.3 Å². The average molecular weight is 464 g/mol. The van der Waals surface area contributed by atoms with E-state index >= 15 is 0 Å². The van der Waals surface area contributed by atoms with Crippen molar-refractivity contribution in [2.45, 2.75) is 17.3 Å². The lowest BCUT2D eigenvalue weighted by Gasteiger charge is -2.12. The molecule has 9 heteroatoms. The summed E-state index contributed by atoms with van der Waals surface area (Å²) in [6.07, 6.45) is 0.843. The Labute approximate surface area is 194 Å². The predicted molar refractivity (Wildman–Crippen MR) is 122 cm³/mol. The van der Waals surface area contributed by atoms with Gasteiger partial charge < -0.3 is 18.6 Å². The van der Waals surface area contributed by atoms with Gasteiger partial charge in [0.1, 0.15) is 5.76 Å². The predicted octanol–water partition coefficient (Wildman–Crippen LogP) is 4.77. The third kappa shape index (κ3) is 4.45. The van der Waals surface area contributed by atoms with Crippen molar-refractivity contribution in [3.63, 3.8) is 0 Å². The molecular weight excluding hydrogens is 442 g/mol. The van der Waals surface area contributed by atoms with Crippen molar-refractivity contribution in [1.29, 1.82) is 0 Å². The van der Waals surface area contributed by atoms with E-state index in [9.17, 15) is 4.79 Å². The molecule has 0 radical (unpaired) electrons. The lowest BCUT2D eigenvalue weighted by atomic mass is 10.2. The van der Waals surface area contributed by atoms with Crippen molar-refractivity contribution >= 4 is 17.7 Å². The minimum absolute atomic E-state index is 0.172. The third-order valence-corrected chi connectivity index (χ3v) is 6.00. The molecule has 3 heterocycles.